The summed E-state index contributed by atoms with van der Waals surface area (Å²) in [5, 5.41) is 14.1. The van der Waals surface area contributed by atoms with Crippen LogP contribution in [-0.4, -0.2) is 55.1 Å². The van der Waals surface area contributed by atoms with E-state index < -0.39 is 4.92 Å². The van der Waals surface area contributed by atoms with Crippen LogP contribution in [0.3, 0.4) is 0 Å². The fraction of sp³-hybridized carbons (Fsp3) is 0.500. The van der Waals surface area contributed by atoms with Crippen molar-refractivity contribution in [3.63, 3.8) is 0 Å². The third-order valence-corrected chi connectivity index (χ3v) is 3.44. The van der Waals surface area contributed by atoms with Crippen molar-refractivity contribution in [2.45, 2.75) is 13.0 Å². The number of carbonyl (C=O) groups is 1. The van der Waals surface area contributed by atoms with Crippen molar-refractivity contribution in [1.82, 2.24) is 10.2 Å². The number of rotatable bonds is 4. The molecule has 1 atom stereocenters. The van der Waals surface area contributed by atoms with Crippen molar-refractivity contribution in [3.8, 4) is 0 Å². The largest absolute Gasteiger partial charge is 0.373 e. The Hall–Kier alpha value is -1.99. The molecule has 2 rings (SSSR count). The van der Waals surface area contributed by atoms with Crippen LogP contribution >= 0.6 is 0 Å². The van der Waals surface area contributed by atoms with Crippen LogP contribution in [0.5, 0.6) is 0 Å². The van der Waals surface area contributed by atoms with Gasteiger partial charge in [0.25, 0.3) is 11.6 Å². The van der Waals surface area contributed by atoms with Gasteiger partial charge in [-0.1, -0.05) is 6.07 Å². The van der Waals surface area contributed by atoms with Gasteiger partial charge in [-0.05, 0) is 25.6 Å². The molecular weight excluding hydrogens is 274 g/mol. The minimum Gasteiger partial charge on any atom is -0.373 e. The second-order valence-electron chi connectivity index (χ2n) is 5.08. The lowest BCUT2D eigenvalue weighted by Gasteiger charge is -2.32. The number of hydrogen-bond donors (Lipinski definition) is 1. The number of hydrogen-bond acceptors (Lipinski definition) is 5. The van der Waals surface area contributed by atoms with Gasteiger partial charge >= 0.3 is 0 Å². The van der Waals surface area contributed by atoms with Crippen molar-refractivity contribution in [1.29, 1.82) is 0 Å². The van der Waals surface area contributed by atoms with Crippen molar-refractivity contribution < 1.29 is 14.5 Å². The van der Waals surface area contributed by atoms with E-state index in [0.29, 0.717) is 26.2 Å². The second-order valence-corrected chi connectivity index (χ2v) is 5.08. The Morgan fingerprint density at radius 2 is 2.33 bits per heavy atom. The summed E-state index contributed by atoms with van der Waals surface area (Å²) in [5.41, 5.74) is 0.816. The molecule has 0 radical (unpaired) electrons. The Morgan fingerprint density at radius 3 is 3.00 bits per heavy atom. The molecule has 1 aliphatic heterocycles. The quantitative estimate of drug-likeness (QED) is 0.660. The van der Waals surface area contributed by atoms with Crippen LogP contribution in [0.1, 0.15) is 15.9 Å². The lowest BCUT2D eigenvalue weighted by Crippen LogP contribution is -2.48. The Balaban J connectivity index is 2.23. The van der Waals surface area contributed by atoms with Gasteiger partial charge in [-0.2, -0.15) is 0 Å². The van der Waals surface area contributed by atoms with Crippen molar-refractivity contribution in [2.24, 2.45) is 0 Å². The maximum atomic E-state index is 12.6. The fourth-order valence-corrected chi connectivity index (χ4v) is 2.41. The van der Waals surface area contributed by atoms with Crippen LogP contribution in [0, 0.1) is 17.0 Å². The van der Waals surface area contributed by atoms with Gasteiger partial charge < -0.3 is 15.0 Å². The molecule has 1 amide bonds. The van der Waals surface area contributed by atoms with Gasteiger partial charge in [0, 0.05) is 25.7 Å². The zero-order valence-corrected chi connectivity index (χ0v) is 12.2. The van der Waals surface area contributed by atoms with Crippen molar-refractivity contribution >= 4 is 11.6 Å². The predicted molar refractivity (Wildman–Crippen MR) is 77.4 cm³/mol. The summed E-state index contributed by atoms with van der Waals surface area (Å²) in [6.07, 6.45) is -0.0865. The summed E-state index contributed by atoms with van der Waals surface area (Å²) in [6.45, 7) is 3.77. The number of benzene rings is 1. The zero-order valence-electron chi connectivity index (χ0n) is 12.2. The minimum atomic E-state index is -0.516. The first-order valence-corrected chi connectivity index (χ1v) is 6.83. The van der Waals surface area contributed by atoms with Crippen LogP contribution in [-0.2, 0) is 4.74 Å². The van der Waals surface area contributed by atoms with Gasteiger partial charge in [0.1, 0.15) is 5.56 Å². The minimum absolute atomic E-state index is 0.0865. The molecule has 7 heteroatoms. The predicted octanol–water partition coefficient (Wildman–Crippen LogP) is 0.964. The van der Waals surface area contributed by atoms with Crippen LogP contribution in [0.25, 0.3) is 0 Å². The summed E-state index contributed by atoms with van der Waals surface area (Å²) in [5.74, 6) is -0.310. The van der Waals surface area contributed by atoms with E-state index in [1.54, 1.807) is 17.0 Å². The molecule has 1 saturated heterocycles. The van der Waals surface area contributed by atoms with Crippen LogP contribution in [0.4, 0.5) is 5.69 Å². The molecular formula is C14H19N3O4. The number of aryl methyl sites for hydroxylation is 1. The Bertz CT molecular complexity index is 545. The first-order valence-electron chi connectivity index (χ1n) is 6.83. The van der Waals surface area contributed by atoms with Crippen LogP contribution in [0.2, 0.25) is 0 Å². The molecule has 1 aliphatic rings. The molecule has 1 fully saturated rings. The fourth-order valence-electron chi connectivity index (χ4n) is 2.41. The molecule has 0 saturated carbocycles. The molecule has 1 aromatic rings. The molecule has 7 nitrogen and oxygen atoms in total. The maximum absolute atomic E-state index is 12.6. The lowest BCUT2D eigenvalue weighted by molar-refractivity contribution is -0.385. The topological polar surface area (TPSA) is 84.7 Å². The Kier molecular flexibility index (Phi) is 4.87. The highest BCUT2D eigenvalue weighted by atomic mass is 16.6. The van der Waals surface area contributed by atoms with Gasteiger partial charge in [0.05, 0.1) is 17.6 Å². The number of nitro benzene ring substituents is 1. The van der Waals surface area contributed by atoms with E-state index >= 15 is 0 Å². The second kappa shape index (κ2) is 6.64. The number of nitro groups is 1. The van der Waals surface area contributed by atoms with Crippen LogP contribution in [0.15, 0.2) is 18.2 Å². The van der Waals surface area contributed by atoms with E-state index in [1.165, 1.54) is 6.07 Å². The molecule has 0 spiro atoms. The number of likely N-dealkylation sites (N-methyl/N-ethyl adjacent to an activating group) is 1. The van der Waals surface area contributed by atoms with E-state index in [1.807, 2.05) is 14.0 Å². The number of carbonyl (C=O) groups excluding carboxylic acids is 1. The monoisotopic (exact) mass is 293 g/mol. The normalized spacial score (nSPS) is 18.6. The average molecular weight is 293 g/mol. The summed E-state index contributed by atoms with van der Waals surface area (Å²) in [4.78, 5) is 24.8. The van der Waals surface area contributed by atoms with E-state index in [4.69, 9.17) is 4.74 Å². The van der Waals surface area contributed by atoms with Gasteiger partial charge in [-0.3, -0.25) is 14.9 Å². The lowest BCUT2D eigenvalue weighted by atomic mass is 10.1. The van der Waals surface area contributed by atoms with Crippen molar-refractivity contribution in [2.75, 3.05) is 33.3 Å². The third kappa shape index (κ3) is 3.56. The molecule has 1 unspecified atom stereocenters. The molecule has 1 aromatic carbocycles. The highest BCUT2D eigenvalue weighted by molar-refractivity contribution is 5.98. The first-order chi connectivity index (χ1) is 10.0. The SMILES string of the molecule is CNCC1CN(C(=O)c2cc(C)ccc2[N+](=O)[O-])CCO1. The number of nitrogens with one attached hydrogen (secondary N) is 1. The summed E-state index contributed by atoms with van der Waals surface area (Å²) in [7, 11) is 1.82. The molecule has 21 heavy (non-hydrogen) atoms. The number of amides is 1. The van der Waals surface area contributed by atoms with E-state index in [9.17, 15) is 14.9 Å². The Morgan fingerprint density at radius 1 is 1.57 bits per heavy atom. The van der Waals surface area contributed by atoms with Gasteiger partial charge in [-0.15, -0.1) is 0 Å². The molecule has 114 valence electrons. The summed E-state index contributed by atoms with van der Waals surface area (Å²) in [6, 6.07) is 4.59. The van der Waals surface area contributed by atoms with Gasteiger partial charge in [0.2, 0.25) is 0 Å². The maximum Gasteiger partial charge on any atom is 0.282 e. The summed E-state index contributed by atoms with van der Waals surface area (Å²) >= 11 is 0. The standard InChI is InChI=1S/C14H19N3O4/c1-10-3-4-13(17(19)20)12(7-10)14(18)16-5-6-21-11(9-16)8-15-2/h3-4,7,11,15H,5-6,8-9H2,1-2H3. The van der Waals surface area contributed by atoms with Gasteiger partial charge in [-0.25, -0.2) is 0 Å². The van der Waals surface area contributed by atoms with E-state index in [0.717, 1.165) is 5.56 Å². The summed E-state index contributed by atoms with van der Waals surface area (Å²) < 4.78 is 5.55. The molecule has 1 N–H and O–H groups in total. The number of nitrogens with zero attached hydrogens (tertiary/aromatic N) is 2. The average Bonchev–Trinajstić information content (AvgIpc) is 2.46. The smallest absolute Gasteiger partial charge is 0.282 e. The number of morpholine rings is 1. The van der Waals surface area contributed by atoms with E-state index in [-0.39, 0.29) is 23.3 Å². The molecule has 0 aliphatic carbocycles. The van der Waals surface area contributed by atoms with Gasteiger partial charge in [0.15, 0.2) is 0 Å². The van der Waals surface area contributed by atoms with Crippen molar-refractivity contribution in [3.05, 3.63) is 39.4 Å². The van der Waals surface area contributed by atoms with E-state index in [2.05, 4.69) is 5.32 Å². The third-order valence-electron chi connectivity index (χ3n) is 3.44. The zero-order chi connectivity index (χ0) is 15.4. The number of ether oxygens (including phenoxy) is 1. The highest BCUT2D eigenvalue weighted by Gasteiger charge is 2.29. The molecule has 0 bridgehead atoms. The molecule has 1 heterocycles. The van der Waals surface area contributed by atoms with Crippen LogP contribution < -0.4 is 5.32 Å². The Labute approximate surface area is 123 Å². The highest BCUT2D eigenvalue weighted by Crippen LogP contribution is 2.22. The first kappa shape index (κ1) is 15.4. The molecule has 0 aromatic heterocycles.